The molecule has 0 N–H and O–H groups in total. The third kappa shape index (κ3) is 4.78. The van der Waals surface area contributed by atoms with Crippen molar-refractivity contribution < 1.29 is 4.42 Å². The van der Waals surface area contributed by atoms with E-state index in [1.54, 1.807) is 0 Å². The Morgan fingerprint density at radius 3 is 1.29 bits per heavy atom. The number of benzene rings is 2. The minimum absolute atomic E-state index is 0.990. The highest BCUT2D eigenvalue weighted by Gasteiger charge is 2.26. The molecule has 2 fully saturated rings. The predicted molar refractivity (Wildman–Crippen MR) is 128 cm³/mol. The Kier molecular flexibility index (Phi) is 6.52. The molecule has 3 aromatic rings. The molecule has 5 rings (SSSR count). The highest BCUT2D eigenvalue weighted by molar-refractivity contribution is 5.72. The van der Waals surface area contributed by atoms with Crippen molar-refractivity contribution in [1.82, 2.24) is 9.80 Å². The monoisotopic (exact) mass is 414 g/mol. The van der Waals surface area contributed by atoms with Crippen LogP contribution in [-0.4, -0.2) is 36.0 Å². The van der Waals surface area contributed by atoms with Gasteiger partial charge in [0.25, 0.3) is 0 Å². The van der Waals surface area contributed by atoms with Gasteiger partial charge >= 0.3 is 0 Å². The topological polar surface area (TPSA) is 19.6 Å². The number of likely N-dealkylation sites (tertiary alicyclic amines) is 2. The lowest BCUT2D eigenvalue weighted by molar-refractivity contribution is 0.210. The number of nitrogens with zero attached hydrogens (tertiary/aromatic N) is 2. The zero-order chi connectivity index (χ0) is 20.9. The molecule has 0 radical (unpaired) electrons. The zero-order valence-corrected chi connectivity index (χ0v) is 18.6. The lowest BCUT2D eigenvalue weighted by atomic mass is 9.98. The van der Waals surface area contributed by atoms with Crippen molar-refractivity contribution in [3.8, 4) is 22.6 Å². The molecule has 2 aliphatic heterocycles. The molecule has 31 heavy (non-hydrogen) atoms. The van der Waals surface area contributed by atoms with Gasteiger partial charge in [-0.2, -0.15) is 0 Å². The second-order valence-corrected chi connectivity index (χ2v) is 9.12. The molecule has 2 aromatic carbocycles. The van der Waals surface area contributed by atoms with Crippen LogP contribution in [0.1, 0.15) is 49.7 Å². The fraction of sp³-hybridized carbons (Fsp3) is 0.429. The van der Waals surface area contributed by atoms with E-state index in [0.29, 0.717) is 0 Å². The molecule has 0 unspecified atom stereocenters. The van der Waals surface area contributed by atoms with Crippen LogP contribution in [0.5, 0.6) is 0 Å². The van der Waals surface area contributed by atoms with Gasteiger partial charge in [0.05, 0.1) is 0 Å². The maximum absolute atomic E-state index is 6.75. The van der Waals surface area contributed by atoms with E-state index in [1.807, 2.05) is 0 Å². The van der Waals surface area contributed by atoms with E-state index >= 15 is 0 Å². The molecule has 2 aliphatic rings. The number of hydrogen-bond acceptors (Lipinski definition) is 3. The van der Waals surface area contributed by atoms with Gasteiger partial charge in [0.15, 0.2) is 0 Å². The average molecular weight is 415 g/mol. The summed E-state index contributed by atoms with van der Waals surface area (Å²) in [6, 6.07) is 21.4. The van der Waals surface area contributed by atoms with E-state index in [1.165, 1.54) is 87.0 Å². The van der Waals surface area contributed by atoms with Crippen molar-refractivity contribution in [1.29, 1.82) is 0 Å². The summed E-state index contributed by atoms with van der Waals surface area (Å²) in [4.78, 5) is 5.27. The molecule has 2 saturated heterocycles. The van der Waals surface area contributed by atoms with Gasteiger partial charge in [-0.3, -0.25) is 9.80 Å². The summed E-state index contributed by atoms with van der Waals surface area (Å²) in [6.45, 7) is 6.77. The lowest BCUT2D eigenvalue weighted by Crippen LogP contribution is -2.31. The van der Waals surface area contributed by atoms with Gasteiger partial charge in [0.2, 0.25) is 0 Å². The Balaban J connectivity index is 1.60. The first-order valence-electron chi connectivity index (χ1n) is 12.1. The molecule has 0 atom stereocenters. The minimum Gasteiger partial charge on any atom is -0.455 e. The zero-order valence-electron chi connectivity index (χ0n) is 18.6. The van der Waals surface area contributed by atoms with Crippen molar-refractivity contribution in [2.45, 2.75) is 51.6 Å². The van der Waals surface area contributed by atoms with Crippen LogP contribution in [0.15, 0.2) is 65.1 Å². The maximum atomic E-state index is 6.75. The van der Waals surface area contributed by atoms with Gasteiger partial charge in [0.1, 0.15) is 11.5 Å². The van der Waals surface area contributed by atoms with Gasteiger partial charge in [-0.15, -0.1) is 0 Å². The molecule has 3 heterocycles. The Morgan fingerprint density at radius 2 is 0.903 bits per heavy atom. The molecule has 0 saturated carbocycles. The van der Waals surface area contributed by atoms with Crippen molar-refractivity contribution in [2.24, 2.45) is 0 Å². The summed E-state index contributed by atoms with van der Waals surface area (Å²) in [7, 11) is 0. The summed E-state index contributed by atoms with van der Waals surface area (Å²) in [6.07, 6.45) is 7.97. The molecule has 3 heteroatoms. The summed E-state index contributed by atoms with van der Waals surface area (Å²) in [5, 5.41) is 0. The summed E-state index contributed by atoms with van der Waals surface area (Å²) < 4.78 is 6.75. The van der Waals surface area contributed by atoms with Crippen molar-refractivity contribution in [3.05, 3.63) is 71.8 Å². The number of rotatable bonds is 6. The Morgan fingerprint density at radius 1 is 0.516 bits per heavy atom. The third-order valence-corrected chi connectivity index (χ3v) is 6.85. The molecular formula is C28H34N2O. The second-order valence-electron chi connectivity index (χ2n) is 9.12. The normalized spacial score (nSPS) is 18.3. The average Bonchev–Trinajstić information content (AvgIpc) is 3.19. The van der Waals surface area contributed by atoms with Crippen LogP contribution in [0, 0.1) is 0 Å². The first-order chi connectivity index (χ1) is 15.4. The Labute approximate surface area is 186 Å². The molecule has 0 amide bonds. The van der Waals surface area contributed by atoms with Crippen LogP contribution in [0.25, 0.3) is 22.6 Å². The SMILES string of the molecule is c1ccc(-c2oc(-c3ccccc3)c(CN3CCCCC3)c2CN2CCCCC2)cc1. The molecule has 1 aromatic heterocycles. The van der Waals surface area contributed by atoms with Crippen LogP contribution in [0.3, 0.4) is 0 Å². The molecule has 3 nitrogen and oxygen atoms in total. The first kappa shape index (κ1) is 20.5. The first-order valence-corrected chi connectivity index (χ1v) is 12.1. The molecular weight excluding hydrogens is 380 g/mol. The third-order valence-electron chi connectivity index (χ3n) is 6.85. The molecule has 162 valence electrons. The summed E-state index contributed by atoms with van der Waals surface area (Å²) in [5.74, 6) is 2.13. The van der Waals surface area contributed by atoms with Gasteiger partial charge in [0, 0.05) is 35.3 Å². The fourth-order valence-electron chi connectivity index (χ4n) is 5.16. The summed E-state index contributed by atoms with van der Waals surface area (Å²) >= 11 is 0. The maximum Gasteiger partial charge on any atom is 0.139 e. The van der Waals surface area contributed by atoms with Crippen LogP contribution >= 0.6 is 0 Å². The Hall–Kier alpha value is -2.36. The van der Waals surface area contributed by atoms with E-state index < -0.39 is 0 Å². The Bertz CT molecular complexity index is 873. The quantitative estimate of drug-likeness (QED) is 0.454. The number of hydrogen-bond donors (Lipinski definition) is 0. The van der Waals surface area contributed by atoms with E-state index in [9.17, 15) is 0 Å². The minimum atomic E-state index is 0.990. The molecule has 0 aliphatic carbocycles. The van der Waals surface area contributed by atoms with Gasteiger partial charge < -0.3 is 4.42 Å². The standard InChI is InChI=1S/C28H34N2O/c1-5-13-23(14-6-1)27-25(21-29-17-9-3-10-18-29)26(22-30-19-11-4-12-20-30)28(31-27)24-15-7-2-8-16-24/h1-2,5-8,13-16H,3-4,9-12,17-22H2. The van der Waals surface area contributed by atoms with Crippen molar-refractivity contribution in [2.75, 3.05) is 26.2 Å². The van der Waals surface area contributed by atoms with E-state index in [2.05, 4.69) is 70.5 Å². The van der Waals surface area contributed by atoms with Crippen LogP contribution in [-0.2, 0) is 13.1 Å². The van der Waals surface area contributed by atoms with Gasteiger partial charge in [-0.1, -0.05) is 73.5 Å². The molecule has 0 spiro atoms. The van der Waals surface area contributed by atoms with Gasteiger partial charge in [-0.05, 0) is 51.9 Å². The highest BCUT2D eigenvalue weighted by atomic mass is 16.3. The highest BCUT2D eigenvalue weighted by Crippen LogP contribution is 2.39. The smallest absolute Gasteiger partial charge is 0.139 e. The van der Waals surface area contributed by atoms with Crippen LogP contribution < -0.4 is 0 Å². The largest absolute Gasteiger partial charge is 0.455 e. The van der Waals surface area contributed by atoms with Crippen molar-refractivity contribution >= 4 is 0 Å². The number of piperidine rings is 2. The van der Waals surface area contributed by atoms with Crippen molar-refractivity contribution in [3.63, 3.8) is 0 Å². The summed E-state index contributed by atoms with van der Waals surface area (Å²) in [5.41, 5.74) is 5.18. The fourth-order valence-corrected chi connectivity index (χ4v) is 5.16. The second kappa shape index (κ2) is 9.84. The van der Waals surface area contributed by atoms with Gasteiger partial charge in [-0.25, -0.2) is 0 Å². The number of furan rings is 1. The van der Waals surface area contributed by atoms with Crippen LogP contribution in [0.2, 0.25) is 0 Å². The van der Waals surface area contributed by atoms with E-state index in [4.69, 9.17) is 4.42 Å². The van der Waals surface area contributed by atoms with Crippen LogP contribution in [0.4, 0.5) is 0 Å². The molecule has 0 bridgehead atoms. The van der Waals surface area contributed by atoms with E-state index in [-0.39, 0.29) is 0 Å². The van der Waals surface area contributed by atoms with E-state index in [0.717, 1.165) is 24.6 Å². The predicted octanol–water partition coefficient (Wildman–Crippen LogP) is 6.59. The lowest BCUT2D eigenvalue weighted by Gasteiger charge is -2.29.